The molecule has 9 heteroatoms. The highest BCUT2D eigenvalue weighted by atomic mass is 32.1. The monoisotopic (exact) mass is 596 g/mol. The van der Waals surface area contributed by atoms with Crippen molar-refractivity contribution in [1.82, 2.24) is 4.98 Å². The number of amides is 1. The van der Waals surface area contributed by atoms with Crippen molar-refractivity contribution >= 4 is 39.9 Å². The van der Waals surface area contributed by atoms with Gasteiger partial charge in [-0.05, 0) is 67.6 Å². The molecule has 0 spiro atoms. The third-order valence-electron chi connectivity index (χ3n) is 7.29. The van der Waals surface area contributed by atoms with E-state index < -0.39 is 23.7 Å². The summed E-state index contributed by atoms with van der Waals surface area (Å²) in [5.74, 6) is -1.89. The number of carbonyl (C=O) groups excluding carboxylic acids is 3. The SMILES string of the molecule is CCOC(=O)c1sc(N2C(=O)C(=O)C(=C(O)c3ccc(OCc4ccccc4)c(C)c3)C2c2ccc(CC)cc2)nc1C. The van der Waals surface area contributed by atoms with E-state index in [0.717, 1.165) is 34.4 Å². The number of thiazole rings is 1. The van der Waals surface area contributed by atoms with E-state index in [0.29, 0.717) is 29.2 Å². The van der Waals surface area contributed by atoms with Crippen molar-refractivity contribution in [3.8, 4) is 5.75 Å². The largest absolute Gasteiger partial charge is 0.507 e. The minimum Gasteiger partial charge on any atom is -0.507 e. The van der Waals surface area contributed by atoms with Crippen LogP contribution in [0.4, 0.5) is 5.13 Å². The van der Waals surface area contributed by atoms with E-state index in [1.165, 1.54) is 4.90 Å². The molecule has 0 saturated carbocycles. The summed E-state index contributed by atoms with van der Waals surface area (Å²) in [7, 11) is 0. The molecule has 1 unspecified atom stereocenters. The van der Waals surface area contributed by atoms with Gasteiger partial charge in [0.1, 0.15) is 23.0 Å². The zero-order valence-corrected chi connectivity index (χ0v) is 25.2. The first kappa shape index (κ1) is 29.7. The number of aromatic nitrogens is 1. The maximum absolute atomic E-state index is 13.6. The Morgan fingerprint density at radius 3 is 2.35 bits per heavy atom. The van der Waals surface area contributed by atoms with Gasteiger partial charge in [0.2, 0.25) is 0 Å². The predicted octanol–water partition coefficient (Wildman–Crippen LogP) is 6.70. The van der Waals surface area contributed by atoms with Gasteiger partial charge in [-0.2, -0.15) is 0 Å². The van der Waals surface area contributed by atoms with E-state index in [-0.39, 0.29) is 27.9 Å². The van der Waals surface area contributed by atoms with Crippen molar-refractivity contribution in [3.63, 3.8) is 0 Å². The topological polar surface area (TPSA) is 106 Å². The van der Waals surface area contributed by atoms with Crippen LogP contribution in [0.15, 0.2) is 78.4 Å². The van der Waals surface area contributed by atoms with Gasteiger partial charge in [-0.25, -0.2) is 9.78 Å². The van der Waals surface area contributed by atoms with Crippen LogP contribution >= 0.6 is 11.3 Å². The zero-order chi connectivity index (χ0) is 30.7. The summed E-state index contributed by atoms with van der Waals surface area (Å²) >= 11 is 0.981. The molecule has 0 aliphatic carbocycles. The van der Waals surface area contributed by atoms with E-state index >= 15 is 0 Å². The number of carbonyl (C=O) groups is 3. The number of aliphatic hydroxyl groups is 1. The van der Waals surface area contributed by atoms with Gasteiger partial charge in [0.15, 0.2) is 5.13 Å². The Balaban J connectivity index is 1.57. The van der Waals surface area contributed by atoms with E-state index in [9.17, 15) is 19.5 Å². The molecule has 1 saturated heterocycles. The molecule has 4 aromatic rings. The first-order valence-electron chi connectivity index (χ1n) is 14.1. The standard InChI is InChI=1S/C34H32N2O6S/c1-5-22-12-14-24(15-13-22)28-27(30(38)32(39)36(28)34-35-21(4)31(43-34)33(40)41-6-2)29(37)25-16-17-26(20(3)18-25)42-19-23-10-8-7-9-11-23/h7-18,28,37H,5-6,19H2,1-4H3. The molecule has 1 aliphatic rings. The van der Waals surface area contributed by atoms with Crippen molar-refractivity contribution < 1.29 is 29.0 Å². The number of ether oxygens (including phenoxy) is 2. The van der Waals surface area contributed by atoms with Crippen molar-refractivity contribution in [3.05, 3.63) is 117 Å². The summed E-state index contributed by atoms with van der Waals surface area (Å²) in [6.07, 6.45) is 0.813. The van der Waals surface area contributed by atoms with Crippen LogP contribution in [-0.4, -0.2) is 34.4 Å². The molecule has 43 heavy (non-hydrogen) atoms. The molecule has 2 heterocycles. The summed E-state index contributed by atoms with van der Waals surface area (Å²) in [5, 5.41) is 11.8. The van der Waals surface area contributed by atoms with Gasteiger partial charge >= 0.3 is 11.9 Å². The van der Waals surface area contributed by atoms with Crippen LogP contribution in [0, 0.1) is 13.8 Å². The van der Waals surface area contributed by atoms with Crippen LogP contribution in [0.1, 0.15) is 63.1 Å². The molecule has 0 radical (unpaired) electrons. The molecule has 1 aromatic heterocycles. The summed E-state index contributed by atoms with van der Waals surface area (Å²) in [6, 6.07) is 21.5. The molecule has 3 aromatic carbocycles. The molecule has 5 rings (SSSR count). The molecule has 1 N–H and O–H groups in total. The number of Topliss-reactive ketones (excluding diaryl/α,β-unsaturated/α-hetero) is 1. The summed E-state index contributed by atoms with van der Waals surface area (Å²) < 4.78 is 11.1. The maximum atomic E-state index is 13.6. The van der Waals surface area contributed by atoms with Crippen LogP contribution in [0.5, 0.6) is 5.75 Å². The molecule has 1 aliphatic heterocycles. The molecule has 8 nitrogen and oxygen atoms in total. The van der Waals surface area contributed by atoms with Gasteiger partial charge in [0, 0.05) is 5.56 Å². The van der Waals surface area contributed by atoms with Gasteiger partial charge in [-0.1, -0.05) is 72.9 Å². The summed E-state index contributed by atoms with van der Waals surface area (Å²) in [6.45, 7) is 7.81. The molecule has 1 amide bonds. The van der Waals surface area contributed by atoms with Gasteiger partial charge in [0.05, 0.1) is 23.9 Å². The fourth-order valence-electron chi connectivity index (χ4n) is 5.00. The van der Waals surface area contributed by atoms with Crippen LogP contribution in [-0.2, 0) is 27.4 Å². The Kier molecular flexibility index (Phi) is 8.73. The third-order valence-corrected chi connectivity index (χ3v) is 8.42. The normalized spacial score (nSPS) is 16.0. The number of hydrogen-bond donors (Lipinski definition) is 1. The lowest BCUT2D eigenvalue weighted by Crippen LogP contribution is -2.29. The fourth-order valence-corrected chi connectivity index (χ4v) is 5.99. The van der Waals surface area contributed by atoms with Crippen LogP contribution in [0.3, 0.4) is 0 Å². The number of rotatable bonds is 9. The fraction of sp³-hybridized carbons (Fsp3) is 0.235. The highest BCUT2D eigenvalue weighted by Crippen LogP contribution is 2.44. The van der Waals surface area contributed by atoms with Gasteiger partial charge in [-0.3, -0.25) is 14.5 Å². The molecule has 1 atom stereocenters. The second kappa shape index (κ2) is 12.6. The summed E-state index contributed by atoms with van der Waals surface area (Å²) in [5.41, 5.74) is 4.19. The highest BCUT2D eigenvalue weighted by Gasteiger charge is 2.48. The lowest BCUT2D eigenvalue weighted by molar-refractivity contribution is -0.132. The van der Waals surface area contributed by atoms with Crippen molar-refractivity contribution in [2.75, 3.05) is 11.5 Å². The Morgan fingerprint density at radius 1 is 0.977 bits per heavy atom. The van der Waals surface area contributed by atoms with Crippen molar-refractivity contribution in [2.24, 2.45) is 0 Å². The first-order chi connectivity index (χ1) is 20.7. The maximum Gasteiger partial charge on any atom is 0.350 e. The molecule has 1 fully saturated rings. The van der Waals surface area contributed by atoms with Gasteiger partial charge < -0.3 is 14.6 Å². The van der Waals surface area contributed by atoms with Gasteiger partial charge in [-0.15, -0.1) is 0 Å². The van der Waals surface area contributed by atoms with Gasteiger partial charge in [0.25, 0.3) is 5.78 Å². The Bertz CT molecular complexity index is 1710. The Morgan fingerprint density at radius 2 is 1.70 bits per heavy atom. The predicted molar refractivity (Wildman–Crippen MR) is 165 cm³/mol. The number of aryl methyl sites for hydroxylation is 3. The first-order valence-corrected chi connectivity index (χ1v) is 14.9. The van der Waals surface area contributed by atoms with E-state index in [1.54, 1.807) is 32.0 Å². The number of aliphatic hydroxyl groups excluding tert-OH is 1. The molecule has 0 bridgehead atoms. The average molecular weight is 597 g/mol. The van der Waals surface area contributed by atoms with E-state index in [1.807, 2.05) is 68.4 Å². The minimum absolute atomic E-state index is 0.0582. The number of nitrogens with zero attached hydrogens (tertiary/aromatic N) is 2. The second-order valence-corrected chi connectivity index (χ2v) is 11.1. The zero-order valence-electron chi connectivity index (χ0n) is 24.4. The Labute approximate surface area is 254 Å². The number of ketones is 1. The third kappa shape index (κ3) is 5.94. The smallest absolute Gasteiger partial charge is 0.350 e. The molecular weight excluding hydrogens is 564 g/mol. The number of benzene rings is 3. The lowest BCUT2D eigenvalue weighted by atomic mass is 9.94. The van der Waals surface area contributed by atoms with Crippen molar-refractivity contribution in [1.29, 1.82) is 0 Å². The second-order valence-electron chi connectivity index (χ2n) is 10.2. The lowest BCUT2D eigenvalue weighted by Gasteiger charge is -2.23. The van der Waals surface area contributed by atoms with Crippen LogP contribution in [0.2, 0.25) is 0 Å². The number of hydrogen-bond acceptors (Lipinski definition) is 8. The van der Waals surface area contributed by atoms with Crippen molar-refractivity contribution in [2.45, 2.75) is 46.8 Å². The van der Waals surface area contributed by atoms with E-state index in [4.69, 9.17) is 9.47 Å². The van der Waals surface area contributed by atoms with Crippen LogP contribution < -0.4 is 9.64 Å². The number of esters is 1. The minimum atomic E-state index is -0.958. The summed E-state index contributed by atoms with van der Waals surface area (Å²) in [4.78, 5) is 45.7. The van der Waals surface area contributed by atoms with E-state index in [2.05, 4.69) is 4.98 Å². The number of anilines is 1. The molecular formula is C34H32N2O6S. The quantitative estimate of drug-likeness (QED) is 0.0991. The highest BCUT2D eigenvalue weighted by molar-refractivity contribution is 7.17. The molecule has 220 valence electrons. The van der Waals surface area contributed by atoms with Crippen LogP contribution in [0.25, 0.3) is 5.76 Å². The Hall–Kier alpha value is -4.76. The average Bonchev–Trinajstić information content (AvgIpc) is 3.52.